The normalized spacial score (nSPS) is 11.5. The number of primary sulfonamides is 1. The van der Waals surface area contributed by atoms with Crippen LogP contribution in [0.3, 0.4) is 0 Å². The molecule has 0 aromatic heterocycles. The molecule has 0 spiro atoms. The van der Waals surface area contributed by atoms with Crippen LogP contribution in [-0.2, 0) is 10.0 Å². The molecule has 0 saturated carbocycles. The van der Waals surface area contributed by atoms with E-state index in [0.717, 1.165) is 21.9 Å². The zero-order valence-corrected chi connectivity index (χ0v) is 16.7. The summed E-state index contributed by atoms with van der Waals surface area (Å²) in [7, 11) is -4.02. The van der Waals surface area contributed by atoms with E-state index in [4.69, 9.17) is 16.7 Å². The molecule has 144 valence electrons. The van der Waals surface area contributed by atoms with Gasteiger partial charge in [0, 0.05) is 11.1 Å². The Kier molecular flexibility index (Phi) is 4.96. The summed E-state index contributed by atoms with van der Waals surface area (Å²) in [5.74, 6) is -0.309. The van der Waals surface area contributed by atoms with Gasteiger partial charge in [-0.05, 0) is 46.2 Å². The van der Waals surface area contributed by atoms with Gasteiger partial charge in [0.25, 0.3) is 0 Å². The highest BCUT2D eigenvalue weighted by Crippen LogP contribution is 2.26. The minimum absolute atomic E-state index is 0.0179. The van der Waals surface area contributed by atoms with Crippen molar-refractivity contribution >= 4 is 38.2 Å². The number of sulfonamides is 1. The second-order valence-electron chi connectivity index (χ2n) is 6.66. The van der Waals surface area contributed by atoms with Gasteiger partial charge in [0.2, 0.25) is 10.0 Å². The van der Waals surface area contributed by atoms with Crippen molar-refractivity contribution in [1.82, 2.24) is 0 Å². The molecule has 0 aliphatic heterocycles. The van der Waals surface area contributed by atoms with Crippen LogP contribution in [0.15, 0.2) is 89.8 Å². The van der Waals surface area contributed by atoms with Crippen LogP contribution >= 0.6 is 11.6 Å². The summed E-state index contributed by atoms with van der Waals surface area (Å²) in [5, 5.41) is 7.45. The van der Waals surface area contributed by atoms with Gasteiger partial charge in [-0.25, -0.2) is 13.6 Å². The van der Waals surface area contributed by atoms with Crippen LogP contribution < -0.4 is 5.14 Å². The predicted octanol–water partition coefficient (Wildman–Crippen LogP) is 5.04. The molecule has 29 heavy (non-hydrogen) atoms. The third-order valence-electron chi connectivity index (χ3n) is 4.73. The van der Waals surface area contributed by atoms with Gasteiger partial charge in [-0.3, -0.25) is 4.79 Å². The van der Waals surface area contributed by atoms with E-state index in [9.17, 15) is 13.2 Å². The van der Waals surface area contributed by atoms with Gasteiger partial charge >= 0.3 is 0 Å². The van der Waals surface area contributed by atoms with E-state index in [2.05, 4.69) is 24.3 Å². The number of fused-ring (bicyclic) bond motifs is 1. The van der Waals surface area contributed by atoms with Crippen LogP contribution in [-0.4, -0.2) is 14.2 Å². The Balaban J connectivity index is 1.66. The summed E-state index contributed by atoms with van der Waals surface area (Å²) < 4.78 is 23.3. The zero-order chi connectivity index (χ0) is 20.6. The molecule has 0 atom stereocenters. The largest absolute Gasteiger partial charge is 0.289 e. The number of nitrogens with two attached hydrogens (primary N) is 1. The molecule has 0 fully saturated rings. The van der Waals surface area contributed by atoms with Crippen molar-refractivity contribution in [3.63, 3.8) is 0 Å². The Bertz CT molecular complexity index is 1350. The summed E-state index contributed by atoms with van der Waals surface area (Å²) in [4.78, 5) is 12.5. The van der Waals surface area contributed by atoms with Gasteiger partial charge in [-0.2, -0.15) is 0 Å². The van der Waals surface area contributed by atoms with Crippen LogP contribution in [0.4, 0.5) is 0 Å². The van der Waals surface area contributed by atoms with E-state index in [1.54, 1.807) is 12.1 Å². The van der Waals surface area contributed by atoms with Crippen molar-refractivity contribution in [2.24, 2.45) is 5.14 Å². The summed E-state index contributed by atoms with van der Waals surface area (Å²) in [5.41, 5.74) is 2.67. The number of rotatable bonds is 4. The van der Waals surface area contributed by atoms with Crippen LogP contribution in [0.1, 0.15) is 15.9 Å². The third kappa shape index (κ3) is 3.93. The van der Waals surface area contributed by atoms with Crippen LogP contribution in [0, 0.1) is 0 Å². The summed E-state index contributed by atoms with van der Waals surface area (Å²) in [6.45, 7) is 0. The molecule has 4 aromatic rings. The average molecular weight is 422 g/mol. The number of carbonyl (C=O) groups excluding carboxylic acids is 1. The number of ketones is 1. The standard InChI is InChI=1S/C23H16ClNO3S/c24-21-12-11-20(14-22(21)29(25,27)28)23(26)17-8-5-16(6-9-17)19-10-7-15-3-1-2-4-18(15)13-19/h1-14H,(H2,25,27,28). The Morgan fingerprint density at radius 1 is 0.724 bits per heavy atom. The fraction of sp³-hybridized carbons (Fsp3) is 0. The molecule has 0 aliphatic rings. The fourth-order valence-corrected chi connectivity index (χ4v) is 4.28. The first-order valence-electron chi connectivity index (χ1n) is 8.79. The van der Waals surface area contributed by atoms with Gasteiger partial charge in [-0.1, -0.05) is 72.3 Å². The molecule has 6 heteroatoms. The van der Waals surface area contributed by atoms with Crippen LogP contribution in [0.25, 0.3) is 21.9 Å². The Labute approximate surface area is 173 Å². The Hall–Kier alpha value is -2.99. The van der Waals surface area contributed by atoms with Gasteiger partial charge in [0.15, 0.2) is 5.78 Å². The molecule has 2 N–H and O–H groups in total. The average Bonchev–Trinajstić information content (AvgIpc) is 2.72. The molecule has 0 unspecified atom stereocenters. The fourth-order valence-electron chi connectivity index (χ4n) is 3.21. The minimum atomic E-state index is -4.02. The van der Waals surface area contributed by atoms with E-state index in [-0.39, 0.29) is 21.3 Å². The van der Waals surface area contributed by atoms with Gasteiger partial charge in [0.1, 0.15) is 4.90 Å². The molecule has 0 saturated heterocycles. The maximum absolute atomic E-state index is 12.8. The van der Waals surface area contributed by atoms with Crippen molar-refractivity contribution in [3.05, 3.63) is 101 Å². The molecule has 0 bridgehead atoms. The van der Waals surface area contributed by atoms with Gasteiger partial charge < -0.3 is 0 Å². The number of hydrogen-bond acceptors (Lipinski definition) is 3. The Morgan fingerprint density at radius 2 is 1.34 bits per heavy atom. The minimum Gasteiger partial charge on any atom is -0.289 e. The number of hydrogen-bond donors (Lipinski definition) is 1. The zero-order valence-electron chi connectivity index (χ0n) is 15.2. The second kappa shape index (κ2) is 7.44. The van der Waals surface area contributed by atoms with E-state index >= 15 is 0 Å². The summed E-state index contributed by atoms with van der Waals surface area (Å²) in [6.07, 6.45) is 0. The van der Waals surface area contributed by atoms with Crippen LogP contribution in [0.2, 0.25) is 5.02 Å². The molecular formula is C23H16ClNO3S. The lowest BCUT2D eigenvalue weighted by atomic mass is 9.98. The van der Waals surface area contributed by atoms with Gasteiger partial charge in [-0.15, -0.1) is 0 Å². The summed E-state index contributed by atoms with van der Waals surface area (Å²) in [6, 6.07) is 25.5. The number of carbonyl (C=O) groups is 1. The quantitative estimate of drug-likeness (QED) is 0.469. The van der Waals surface area contributed by atoms with Gasteiger partial charge in [0.05, 0.1) is 5.02 Å². The van der Waals surface area contributed by atoms with Crippen molar-refractivity contribution in [1.29, 1.82) is 0 Å². The maximum Gasteiger partial charge on any atom is 0.239 e. The van der Waals surface area contributed by atoms with E-state index in [0.29, 0.717) is 5.56 Å². The lowest BCUT2D eigenvalue weighted by molar-refractivity contribution is 0.103. The maximum atomic E-state index is 12.8. The highest BCUT2D eigenvalue weighted by atomic mass is 35.5. The van der Waals surface area contributed by atoms with E-state index < -0.39 is 10.0 Å². The van der Waals surface area contributed by atoms with Crippen molar-refractivity contribution in [2.75, 3.05) is 0 Å². The number of benzene rings is 4. The Morgan fingerprint density at radius 3 is 2.03 bits per heavy atom. The second-order valence-corrected chi connectivity index (χ2v) is 8.60. The highest BCUT2D eigenvalue weighted by Gasteiger charge is 2.17. The smallest absolute Gasteiger partial charge is 0.239 e. The first-order chi connectivity index (χ1) is 13.8. The topological polar surface area (TPSA) is 77.2 Å². The van der Waals surface area contributed by atoms with Crippen LogP contribution in [0.5, 0.6) is 0 Å². The molecular weight excluding hydrogens is 406 g/mol. The van der Waals surface area contributed by atoms with Crippen molar-refractivity contribution in [2.45, 2.75) is 4.90 Å². The molecule has 0 radical (unpaired) electrons. The first kappa shape index (κ1) is 19.3. The highest BCUT2D eigenvalue weighted by molar-refractivity contribution is 7.89. The third-order valence-corrected chi connectivity index (χ3v) is 6.12. The predicted molar refractivity (Wildman–Crippen MR) is 116 cm³/mol. The molecule has 0 aliphatic carbocycles. The van der Waals surface area contributed by atoms with Crippen molar-refractivity contribution < 1.29 is 13.2 Å². The van der Waals surface area contributed by atoms with Crippen molar-refractivity contribution in [3.8, 4) is 11.1 Å². The number of halogens is 1. The molecule has 0 amide bonds. The lowest BCUT2D eigenvalue weighted by Crippen LogP contribution is -2.14. The summed E-state index contributed by atoms with van der Waals surface area (Å²) >= 11 is 5.89. The van der Waals surface area contributed by atoms with E-state index in [1.165, 1.54) is 18.2 Å². The molecule has 4 rings (SSSR count). The first-order valence-corrected chi connectivity index (χ1v) is 10.7. The lowest BCUT2D eigenvalue weighted by Gasteiger charge is -2.08. The van der Waals surface area contributed by atoms with E-state index in [1.807, 2.05) is 30.3 Å². The monoisotopic (exact) mass is 421 g/mol. The molecule has 4 nitrogen and oxygen atoms in total. The molecule has 0 heterocycles. The SMILES string of the molecule is NS(=O)(=O)c1cc(C(=O)c2ccc(-c3ccc4ccccc4c3)cc2)ccc1Cl. The molecule has 4 aromatic carbocycles.